The second-order valence-corrected chi connectivity index (χ2v) is 14.8. The smallest absolute Gasteiger partial charge is 0.0973 e. The highest BCUT2D eigenvalue weighted by Gasteiger charge is 2.22. The molecule has 0 aliphatic rings. The zero-order valence-electron chi connectivity index (χ0n) is 27.8. The summed E-state index contributed by atoms with van der Waals surface area (Å²) in [6.45, 7) is 0. The number of hydrogen-bond acceptors (Lipinski definition) is 3. The minimum Gasteiger partial charge on any atom is -0.309 e. The number of nitrogens with zero attached hydrogens (tertiary/aromatic N) is 3. The molecule has 0 aliphatic carbocycles. The highest BCUT2D eigenvalue weighted by Crippen LogP contribution is 2.47. The van der Waals surface area contributed by atoms with Gasteiger partial charge in [-0.15, -0.1) is 11.3 Å². The summed E-state index contributed by atoms with van der Waals surface area (Å²) in [7, 11) is 0. The van der Waals surface area contributed by atoms with E-state index in [0.29, 0.717) is 0 Å². The van der Waals surface area contributed by atoms with Gasteiger partial charge in [0.25, 0.3) is 0 Å². The highest BCUT2D eigenvalue weighted by molar-refractivity contribution is 7.25. The fourth-order valence-corrected chi connectivity index (χ4v) is 9.81. The lowest BCUT2D eigenvalue weighted by atomic mass is 9.91. The number of rotatable bonds is 3. The van der Waals surface area contributed by atoms with Crippen molar-refractivity contribution in [2.45, 2.75) is 0 Å². The number of aromatic nitrogens is 3. The van der Waals surface area contributed by atoms with Gasteiger partial charge in [-0.05, 0) is 75.5 Å². The van der Waals surface area contributed by atoms with Crippen LogP contribution in [0.5, 0.6) is 0 Å². The minimum atomic E-state index is 0.880. The van der Waals surface area contributed by atoms with E-state index in [0.717, 1.165) is 39.2 Å². The van der Waals surface area contributed by atoms with E-state index in [2.05, 4.69) is 156 Å². The number of para-hydroxylation sites is 2. The van der Waals surface area contributed by atoms with Crippen LogP contribution in [0.15, 0.2) is 164 Å². The maximum Gasteiger partial charge on any atom is 0.0973 e. The average molecular weight is 678 g/mol. The molecule has 0 fully saturated rings. The van der Waals surface area contributed by atoms with E-state index in [1.807, 2.05) is 23.5 Å². The molecule has 9 aromatic carbocycles. The Kier molecular flexibility index (Phi) is 5.65. The molecule has 12 aromatic rings. The van der Waals surface area contributed by atoms with Crippen molar-refractivity contribution < 1.29 is 0 Å². The fraction of sp³-hybridized carbons (Fsp3) is 0. The molecule has 12 rings (SSSR count). The van der Waals surface area contributed by atoms with Gasteiger partial charge in [-0.3, -0.25) is 0 Å². The lowest BCUT2D eigenvalue weighted by molar-refractivity contribution is 1.18. The van der Waals surface area contributed by atoms with Crippen molar-refractivity contribution in [3.63, 3.8) is 0 Å². The molecule has 0 saturated heterocycles. The fourth-order valence-electron chi connectivity index (χ4n) is 8.67. The topological polar surface area (TPSA) is 30.7 Å². The van der Waals surface area contributed by atoms with Crippen LogP contribution in [0.25, 0.3) is 114 Å². The molecule has 3 aromatic heterocycles. The Balaban J connectivity index is 1.14. The molecule has 0 aliphatic heterocycles. The Hall–Kier alpha value is -6.62. The molecule has 0 bridgehead atoms. The number of hydrogen-bond donors (Lipinski definition) is 0. The molecule has 0 N–H and O–H groups in total. The van der Waals surface area contributed by atoms with E-state index in [-0.39, 0.29) is 0 Å². The van der Waals surface area contributed by atoms with Crippen molar-refractivity contribution in [3.8, 4) is 28.2 Å². The van der Waals surface area contributed by atoms with Gasteiger partial charge in [-0.2, -0.15) is 0 Å². The Morgan fingerprint density at radius 1 is 0.385 bits per heavy atom. The minimum absolute atomic E-state index is 0.880. The quantitative estimate of drug-likeness (QED) is 0.174. The average Bonchev–Trinajstić information content (AvgIpc) is 3.75. The number of fused-ring (bicyclic) bond motifs is 9. The van der Waals surface area contributed by atoms with Crippen LogP contribution in [-0.4, -0.2) is 14.5 Å². The molecule has 0 saturated carbocycles. The zero-order chi connectivity index (χ0) is 33.9. The summed E-state index contributed by atoms with van der Waals surface area (Å²) in [6, 6.07) is 59.3. The van der Waals surface area contributed by atoms with Gasteiger partial charge in [0, 0.05) is 53.1 Å². The van der Waals surface area contributed by atoms with Crippen LogP contribution in [0.4, 0.5) is 0 Å². The summed E-state index contributed by atoms with van der Waals surface area (Å²) < 4.78 is 5.00. The summed E-state index contributed by atoms with van der Waals surface area (Å²) in [6.07, 6.45) is 0. The molecule has 0 radical (unpaired) electrons. The van der Waals surface area contributed by atoms with Crippen LogP contribution in [0.2, 0.25) is 0 Å². The van der Waals surface area contributed by atoms with Crippen LogP contribution in [0.1, 0.15) is 0 Å². The Labute approximate surface area is 302 Å². The first-order valence-electron chi connectivity index (χ1n) is 17.7. The monoisotopic (exact) mass is 677 g/mol. The van der Waals surface area contributed by atoms with Crippen molar-refractivity contribution in [3.05, 3.63) is 164 Å². The Morgan fingerprint density at radius 2 is 1.02 bits per heavy atom. The summed E-state index contributed by atoms with van der Waals surface area (Å²) in [5.41, 5.74) is 9.16. The predicted molar refractivity (Wildman–Crippen MR) is 221 cm³/mol. The highest BCUT2D eigenvalue weighted by atomic mass is 32.1. The van der Waals surface area contributed by atoms with Crippen LogP contribution in [0.3, 0.4) is 0 Å². The van der Waals surface area contributed by atoms with Crippen LogP contribution in [-0.2, 0) is 0 Å². The van der Waals surface area contributed by atoms with Gasteiger partial charge in [-0.25, -0.2) is 9.97 Å². The standard InChI is InChI=1S/C48H27N3S/c1-2-14-32-28(11-1)26-41-46-44(32)36-17-4-3-15-33(36)37-18-10-21-40(45(37)46)51(41)31-13-9-12-29(25-31)47-48(50-39-20-7-6-19-38(39)49-47)30-23-24-35-34-16-5-8-22-42(34)52-43(35)27-30/h1-27H. The Bertz CT molecular complexity index is 3420. The maximum absolute atomic E-state index is 5.33. The van der Waals surface area contributed by atoms with Gasteiger partial charge < -0.3 is 4.57 Å². The second-order valence-electron chi connectivity index (χ2n) is 13.7. The van der Waals surface area contributed by atoms with Gasteiger partial charge in [0.1, 0.15) is 0 Å². The number of benzene rings is 9. The predicted octanol–water partition coefficient (Wildman–Crippen LogP) is 13.3. The van der Waals surface area contributed by atoms with Crippen molar-refractivity contribution in [1.82, 2.24) is 14.5 Å². The third-order valence-electron chi connectivity index (χ3n) is 10.9. The molecule has 3 nitrogen and oxygen atoms in total. The van der Waals surface area contributed by atoms with E-state index in [4.69, 9.17) is 9.97 Å². The van der Waals surface area contributed by atoms with E-state index in [1.165, 1.54) is 74.3 Å². The third-order valence-corrected chi connectivity index (χ3v) is 12.0. The molecule has 240 valence electrons. The van der Waals surface area contributed by atoms with Crippen LogP contribution >= 0.6 is 11.3 Å². The van der Waals surface area contributed by atoms with Gasteiger partial charge in [0.15, 0.2) is 0 Å². The maximum atomic E-state index is 5.33. The molecule has 0 unspecified atom stereocenters. The summed E-state index contributed by atoms with van der Waals surface area (Å²) in [5.74, 6) is 0. The zero-order valence-corrected chi connectivity index (χ0v) is 28.7. The molecule has 4 heteroatoms. The van der Waals surface area contributed by atoms with E-state index in [1.54, 1.807) is 0 Å². The van der Waals surface area contributed by atoms with Gasteiger partial charge in [-0.1, -0.05) is 115 Å². The second kappa shape index (κ2) is 10.5. The van der Waals surface area contributed by atoms with Crippen LogP contribution < -0.4 is 0 Å². The normalized spacial score (nSPS) is 12.2. The van der Waals surface area contributed by atoms with Crippen molar-refractivity contribution in [2.75, 3.05) is 0 Å². The lowest BCUT2D eigenvalue weighted by Gasteiger charge is -2.14. The van der Waals surface area contributed by atoms with Gasteiger partial charge in [0.2, 0.25) is 0 Å². The molecule has 52 heavy (non-hydrogen) atoms. The van der Waals surface area contributed by atoms with Crippen LogP contribution in [0, 0.1) is 0 Å². The molecular weight excluding hydrogens is 651 g/mol. The first-order chi connectivity index (χ1) is 25.8. The summed E-state index contributed by atoms with van der Waals surface area (Å²) in [4.78, 5) is 10.6. The van der Waals surface area contributed by atoms with E-state index in [9.17, 15) is 0 Å². The molecule has 3 heterocycles. The SMILES string of the molecule is c1cc(-c2nc3ccccc3nc2-c2ccc3c(c2)sc2ccccc23)cc(-n2c3cccc4c5ccccc5c5c6ccccc6cc2c5c43)c1. The van der Waals surface area contributed by atoms with Crippen molar-refractivity contribution >= 4 is 96.7 Å². The number of thiophene rings is 1. The Morgan fingerprint density at radius 3 is 1.87 bits per heavy atom. The summed E-state index contributed by atoms with van der Waals surface area (Å²) in [5, 5.41) is 12.9. The molecule has 0 amide bonds. The molecule has 0 spiro atoms. The summed E-state index contributed by atoms with van der Waals surface area (Å²) >= 11 is 1.83. The van der Waals surface area contributed by atoms with Gasteiger partial charge >= 0.3 is 0 Å². The molecule has 0 atom stereocenters. The first-order valence-corrected chi connectivity index (χ1v) is 18.5. The van der Waals surface area contributed by atoms with E-state index < -0.39 is 0 Å². The lowest BCUT2D eigenvalue weighted by Crippen LogP contribution is -1.98. The molecular formula is C48H27N3S. The third kappa shape index (κ3) is 3.84. The van der Waals surface area contributed by atoms with Gasteiger partial charge in [0.05, 0.1) is 33.5 Å². The van der Waals surface area contributed by atoms with E-state index >= 15 is 0 Å². The van der Waals surface area contributed by atoms with Crippen molar-refractivity contribution in [1.29, 1.82) is 0 Å². The first kappa shape index (κ1) is 28.1. The largest absolute Gasteiger partial charge is 0.309 e. The van der Waals surface area contributed by atoms with Crippen molar-refractivity contribution in [2.24, 2.45) is 0 Å².